The van der Waals surface area contributed by atoms with Crippen molar-refractivity contribution in [3.05, 3.63) is 62.4 Å². The number of halogens is 3. The molecule has 1 amide bonds. The van der Waals surface area contributed by atoms with Crippen LogP contribution in [-0.4, -0.2) is 32.8 Å². The van der Waals surface area contributed by atoms with Crippen LogP contribution in [0.5, 0.6) is 5.75 Å². The van der Waals surface area contributed by atoms with E-state index in [1.165, 1.54) is 5.56 Å². The lowest BCUT2D eigenvalue weighted by Crippen LogP contribution is -2.42. The lowest BCUT2D eigenvalue weighted by atomic mass is 9.82. The minimum Gasteiger partial charge on any atom is -0.501 e. The van der Waals surface area contributed by atoms with Gasteiger partial charge in [-0.25, -0.2) is 4.79 Å². The molecule has 1 fully saturated rings. The van der Waals surface area contributed by atoms with Crippen LogP contribution >= 0.6 is 0 Å². The number of amides is 1. The van der Waals surface area contributed by atoms with Crippen molar-refractivity contribution in [3.8, 4) is 5.75 Å². The molecule has 2 aromatic rings. The highest BCUT2D eigenvalue weighted by molar-refractivity contribution is 5.94. The molecule has 1 aliphatic carbocycles. The van der Waals surface area contributed by atoms with E-state index in [0.29, 0.717) is 18.8 Å². The van der Waals surface area contributed by atoms with Crippen molar-refractivity contribution in [1.29, 1.82) is 0 Å². The minimum atomic E-state index is -4.57. The zero-order valence-corrected chi connectivity index (χ0v) is 16.0. The van der Waals surface area contributed by atoms with E-state index in [1.807, 2.05) is 23.2 Å². The predicted octanol–water partition coefficient (Wildman–Crippen LogP) is 2.65. The molecule has 0 saturated heterocycles. The molecule has 10 heteroatoms. The Labute approximate surface area is 169 Å². The van der Waals surface area contributed by atoms with Crippen LogP contribution in [0.4, 0.5) is 13.2 Å². The maximum Gasteiger partial charge on any atom is 0.390 e. The molecule has 0 spiro atoms. The Kier molecular flexibility index (Phi) is 6.33. The van der Waals surface area contributed by atoms with Crippen LogP contribution in [0.25, 0.3) is 0 Å². The van der Waals surface area contributed by atoms with Gasteiger partial charge in [0.25, 0.3) is 11.5 Å². The van der Waals surface area contributed by atoms with Gasteiger partial charge in [0.15, 0.2) is 5.69 Å². The quantitative estimate of drug-likeness (QED) is 0.685. The van der Waals surface area contributed by atoms with E-state index in [4.69, 9.17) is 0 Å². The van der Waals surface area contributed by atoms with E-state index >= 15 is 0 Å². The second-order valence-corrected chi connectivity index (χ2v) is 7.41. The molecule has 0 bridgehead atoms. The van der Waals surface area contributed by atoms with Gasteiger partial charge < -0.3 is 10.4 Å². The number of nitrogens with zero attached hydrogens (tertiary/aromatic N) is 1. The number of aromatic nitrogens is 2. The summed E-state index contributed by atoms with van der Waals surface area (Å²) in [5.41, 5.74) is -1.92. The summed E-state index contributed by atoms with van der Waals surface area (Å²) in [6.07, 6.45) is -2.94. The molecule has 30 heavy (non-hydrogen) atoms. The Morgan fingerprint density at radius 1 is 1.13 bits per heavy atom. The van der Waals surface area contributed by atoms with E-state index in [-0.39, 0.29) is 10.6 Å². The highest BCUT2D eigenvalue weighted by Crippen LogP contribution is 2.32. The SMILES string of the molecule is O=C(N[C@H]1CC[C@H](c2ccccc2)CC1)c1[nH]c(=O)n(CCC(F)(F)F)c(=O)c1O. The van der Waals surface area contributed by atoms with E-state index in [1.54, 1.807) is 0 Å². The maximum absolute atomic E-state index is 12.4. The van der Waals surface area contributed by atoms with E-state index in [9.17, 15) is 32.7 Å². The highest BCUT2D eigenvalue weighted by Gasteiger charge is 2.29. The second kappa shape index (κ2) is 8.76. The van der Waals surface area contributed by atoms with Crippen LogP contribution in [0.15, 0.2) is 39.9 Å². The average Bonchev–Trinajstić information content (AvgIpc) is 2.71. The standard InChI is InChI=1S/C20H22F3N3O4/c21-20(22,23)10-11-26-18(29)16(27)15(25-19(26)30)17(28)24-14-8-6-13(7-9-14)12-4-2-1-3-5-12/h1-5,13-14,27H,6-11H2,(H,24,28)(H,25,30)/t13-,14-. The van der Waals surface area contributed by atoms with Crippen LogP contribution in [0.2, 0.25) is 0 Å². The summed E-state index contributed by atoms with van der Waals surface area (Å²) in [6.45, 7) is -0.948. The first-order valence-corrected chi connectivity index (χ1v) is 9.64. The van der Waals surface area contributed by atoms with E-state index in [2.05, 4.69) is 17.4 Å². The van der Waals surface area contributed by atoms with Gasteiger partial charge in [0.05, 0.1) is 6.42 Å². The molecular weight excluding hydrogens is 403 g/mol. The first kappa shape index (κ1) is 21.7. The highest BCUT2D eigenvalue weighted by atomic mass is 19.4. The zero-order valence-electron chi connectivity index (χ0n) is 16.0. The van der Waals surface area contributed by atoms with Crippen molar-refractivity contribution in [2.24, 2.45) is 0 Å². The van der Waals surface area contributed by atoms with Crippen molar-refractivity contribution in [1.82, 2.24) is 14.9 Å². The van der Waals surface area contributed by atoms with Crippen LogP contribution in [0, 0.1) is 0 Å². The van der Waals surface area contributed by atoms with Gasteiger partial charge >= 0.3 is 11.9 Å². The number of H-pyrrole nitrogens is 1. The normalized spacial score (nSPS) is 19.4. The summed E-state index contributed by atoms with van der Waals surface area (Å²) < 4.78 is 37.3. The first-order valence-electron chi connectivity index (χ1n) is 9.64. The summed E-state index contributed by atoms with van der Waals surface area (Å²) in [5, 5.41) is 12.7. The molecule has 3 N–H and O–H groups in total. The van der Waals surface area contributed by atoms with Gasteiger partial charge in [0.1, 0.15) is 0 Å². The summed E-state index contributed by atoms with van der Waals surface area (Å²) >= 11 is 0. The average molecular weight is 425 g/mol. The smallest absolute Gasteiger partial charge is 0.390 e. The molecule has 162 valence electrons. The number of aromatic hydroxyl groups is 1. The molecular formula is C20H22F3N3O4. The Hall–Kier alpha value is -3.04. The summed E-state index contributed by atoms with van der Waals surface area (Å²) in [5.74, 6) is -1.54. The van der Waals surface area contributed by atoms with Gasteiger partial charge in [-0.05, 0) is 37.2 Å². The Bertz CT molecular complexity index is 1010. The molecule has 0 atom stereocenters. The number of aromatic amines is 1. The van der Waals surface area contributed by atoms with E-state index in [0.717, 1.165) is 12.8 Å². The van der Waals surface area contributed by atoms with Gasteiger partial charge in [-0.1, -0.05) is 30.3 Å². The van der Waals surface area contributed by atoms with Gasteiger partial charge in [0, 0.05) is 12.6 Å². The van der Waals surface area contributed by atoms with Crippen LogP contribution in [0.1, 0.15) is 54.1 Å². The molecule has 0 aliphatic heterocycles. The molecule has 0 unspecified atom stereocenters. The van der Waals surface area contributed by atoms with Crippen molar-refractivity contribution >= 4 is 5.91 Å². The molecule has 0 radical (unpaired) electrons. The summed E-state index contributed by atoms with van der Waals surface area (Å²) in [7, 11) is 0. The third-order valence-electron chi connectivity index (χ3n) is 5.34. The molecule has 1 saturated carbocycles. The Balaban J connectivity index is 1.66. The molecule has 3 rings (SSSR count). The number of hydrogen-bond donors (Lipinski definition) is 3. The minimum absolute atomic E-state index is 0.201. The lowest BCUT2D eigenvalue weighted by Gasteiger charge is -2.29. The largest absolute Gasteiger partial charge is 0.501 e. The Morgan fingerprint density at radius 3 is 2.37 bits per heavy atom. The molecule has 1 aromatic carbocycles. The molecule has 1 aromatic heterocycles. The Morgan fingerprint density at radius 2 is 1.77 bits per heavy atom. The number of carbonyl (C=O) groups excluding carboxylic acids is 1. The third kappa shape index (κ3) is 5.11. The number of carbonyl (C=O) groups is 1. The molecule has 1 aliphatic rings. The third-order valence-corrected chi connectivity index (χ3v) is 5.34. The molecule has 1 heterocycles. The topological polar surface area (TPSA) is 104 Å². The lowest BCUT2D eigenvalue weighted by molar-refractivity contribution is -0.137. The van der Waals surface area contributed by atoms with Crippen LogP contribution < -0.4 is 16.6 Å². The first-order chi connectivity index (χ1) is 14.2. The fourth-order valence-corrected chi connectivity index (χ4v) is 3.72. The second-order valence-electron chi connectivity index (χ2n) is 7.41. The number of nitrogens with one attached hydrogen (secondary N) is 2. The molecule has 7 nitrogen and oxygen atoms in total. The van der Waals surface area contributed by atoms with Crippen LogP contribution in [-0.2, 0) is 6.54 Å². The van der Waals surface area contributed by atoms with Crippen molar-refractivity contribution in [2.45, 2.75) is 56.8 Å². The van der Waals surface area contributed by atoms with Crippen molar-refractivity contribution in [3.63, 3.8) is 0 Å². The number of hydrogen-bond acceptors (Lipinski definition) is 4. The number of rotatable bonds is 5. The fourth-order valence-electron chi connectivity index (χ4n) is 3.72. The van der Waals surface area contributed by atoms with Gasteiger partial charge in [-0.3, -0.25) is 19.1 Å². The number of benzene rings is 1. The van der Waals surface area contributed by atoms with Gasteiger partial charge in [-0.2, -0.15) is 13.2 Å². The van der Waals surface area contributed by atoms with Crippen molar-refractivity contribution < 1.29 is 23.1 Å². The van der Waals surface area contributed by atoms with E-state index < -0.39 is 47.7 Å². The van der Waals surface area contributed by atoms with Gasteiger partial charge in [0.2, 0.25) is 5.75 Å². The summed E-state index contributed by atoms with van der Waals surface area (Å²) in [4.78, 5) is 38.5. The van der Waals surface area contributed by atoms with Crippen molar-refractivity contribution in [2.75, 3.05) is 0 Å². The van der Waals surface area contributed by atoms with Crippen LogP contribution in [0.3, 0.4) is 0 Å². The number of alkyl halides is 3. The maximum atomic E-state index is 12.4. The summed E-state index contributed by atoms with van der Waals surface area (Å²) in [6, 6.07) is 9.80. The van der Waals surface area contributed by atoms with Gasteiger partial charge in [-0.15, -0.1) is 0 Å². The predicted molar refractivity (Wildman–Crippen MR) is 103 cm³/mol. The fraction of sp³-hybridized carbons (Fsp3) is 0.450. The monoisotopic (exact) mass is 425 g/mol. The zero-order chi connectivity index (χ0) is 21.9.